The highest BCUT2D eigenvalue weighted by Crippen LogP contribution is 2.28. The number of hydrogen-bond donors (Lipinski definition) is 2. The second-order valence-corrected chi connectivity index (χ2v) is 8.85. The molecule has 0 fully saturated rings. The molecule has 156 valence electrons. The number of ether oxygens (including phenoxy) is 1. The van der Waals surface area contributed by atoms with Gasteiger partial charge in [0.1, 0.15) is 5.75 Å². The Morgan fingerprint density at radius 3 is 2.47 bits per heavy atom. The van der Waals surface area contributed by atoms with Crippen LogP contribution in [0.2, 0.25) is 10.0 Å². The van der Waals surface area contributed by atoms with E-state index in [-0.39, 0.29) is 17.1 Å². The number of anilines is 1. The molecule has 0 saturated carbocycles. The quantitative estimate of drug-likeness (QED) is 0.528. The molecule has 0 saturated heterocycles. The molecule has 30 heavy (non-hydrogen) atoms. The van der Waals surface area contributed by atoms with Crippen LogP contribution in [0, 0.1) is 0 Å². The maximum Gasteiger partial charge on any atom is 0.255 e. The molecule has 0 aliphatic heterocycles. The van der Waals surface area contributed by atoms with Crippen LogP contribution in [0.4, 0.5) is 5.69 Å². The number of benzene rings is 3. The zero-order valence-corrected chi connectivity index (χ0v) is 18.2. The van der Waals surface area contributed by atoms with Gasteiger partial charge in [-0.3, -0.25) is 4.79 Å². The van der Waals surface area contributed by atoms with Gasteiger partial charge in [0.05, 0.1) is 17.7 Å². The van der Waals surface area contributed by atoms with E-state index in [0.717, 1.165) is 0 Å². The summed E-state index contributed by atoms with van der Waals surface area (Å²) in [4.78, 5) is 12.5. The van der Waals surface area contributed by atoms with Gasteiger partial charge in [0.15, 0.2) is 0 Å². The lowest BCUT2D eigenvalue weighted by Gasteiger charge is -2.13. The minimum absolute atomic E-state index is 0.0260. The topological polar surface area (TPSA) is 84.5 Å². The molecule has 3 aromatic carbocycles. The van der Waals surface area contributed by atoms with Crippen molar-refractivity contribution in [2.24, 2.45) is 0 Å². The number of hydrogen-bond acceptors (Lipinski definition) is 4. The lowest BCUT2D eigenvalue weighted by Crippen LogP contribution is -2.23. The van der Waals surface area contributed by atoms with Crippen molar-refractivity contribution in [1.29, 1.82) is 0 Å². The molecule has 0 aliphatic carbocycles. The predicted molar refractivity (Wildman–Crippen MR) is 118 cm³/mol. The second kappa shape index (κ2) is 9.49. The van der Waals surface area contributed by atoms with E-state index in [1.54, 1.807) is 42.5 Å². The fourth-order valence-corrected chi connectivity index (χ4v) is 4.10. The van der Waals surface area contributed by atoms with E-state index in [1.807, 2.05) is 0 Å². The third-order valence-electron chi connectivity index (χ3n) is 4.23. The monoisotopic (exact) mass is 464 g/mol. The van der Waals surface area contributed by atoms with Gasteiger partial charge in [-0.2, -0.15) is 0 Å². The lowest BCUT2D eigenvalue weighted by molar-refractivity contribution is 0.102. The van der Waals surface area contributed by atoms with Crippen molar-refractivity contribution in [2.75, 3.05) is 12.4 Å². The Bertz CT molecular complexity index is 1180. The SMILES string of the molecule is COc1ccc(S(=O)(=O)NCc2ccccc2Cl)cc1NC(=O)c1cccc(Cl)c1. The highest BCUT2D eigenvalue weighted by molar-refractivity contribution is 7.89. The van der Waals surface area contributed by atoms with Gasteiger partial charge < -0.3 is 10.1 Å². The van der Waals surface area contributed by atoms with Gasteiger partial charge in [0.25, 0.3) is 5.91 Å². The van der Waals surface area contributed by atoms with Gasteiger partial charge in [-0.25, -0.2) is 13.1 Å². The summed E-state index contributed by atoms with van der Waals surface area (Å²) in [7, 11) is -2.44. The average Bonchev–Trinajstić information content (AvgIpc) is 2.73. The normalized spacial score (nSPS) is 11.2. The third-order valence-corrected chi connectivity index (χ3v) is 6.23. The number of carbonyl (C=O) groups excluding carboxylic acids is 1. The molecule has 0 spiro atoms. The van der Waals surface area contributed by atoms with Crippen molar-refractivity contribution in [3.8, 4) is 5.75 Å². The molecule has 0 aliphatic rings. The summed E-state index contributed by atoms with van der Waals surface area (Å²) in [5.41, 5.74) is 1.18. The molecular formula is C21H18Cl2N2O4S. The van der Waals surface area contributed by atoms with Crippen molar-refractivity contribution in [2.45, 2.75) is 11.4 Å². The predicted octanol–water partition coefficient (Wildman–Crippen LogP) is 4.73. The molecule has 1 amide bonds. The molecule has 3 rings (SSSR count). The molecule has 0 heterocycles. The van der Waals surface area contributed by atoms with E-state index < -0.39 is 15.9 Å². The smallest absolute Gasteiger partial charge is 0.255 e. The van der Waals surface area contributed by atoms with Crippen LogP contribution in [0.25, 0.3) is 0 Å². The summed E-state index contributed by atoms with van der Waals surface area (Å²) in [5, 5.41) is 3.54. The van der Waals surface area contributed by atoms with Gasteiger partial charge in [-0.15, -0.1) is 0 Å². The van der Waals surface area contributed by atoms with Crippen molar-refractivity contribution in [3.05, 3.63) is 87.9 Å². The Morgan fingerprint density at radius 1 is 1.00 bits per heavy atom. The van der Waals surface area contributed by atoms with E-state index >= 15 is 0 Å². The second-order valence-electron chi connectivity index (χ2n) is 6.24. The highest BCUT2D eigenvalue weighted by atomic mass is 35.5. The Labute approximate surface area is 184 Å². The number of carbonyl (C=O) groups is 1. The van der Waals surface area contributed by atoms with Crippen molar-refractivity contribution in [1.82, 2.24) is 4.72 Å². The van der Waals surface area contributed by atoms with Gasteiger partial charge in [-0.05, 0) is 48.0 Å². The molecule has 6 nitrogen and oxygen atoms in total. The first-order chi connectivity index (χ1) is 14.3. The summed E-state index contributed by atoms with van der Waals surface area (Å²) in [6, 6.07) is 17.5. The Kier molecular flexibility index (Phi) is 6.99. The number of sulfonamides is 1. The van der Waals surface area contributed by atoms with Gasteiger partial charge in [-0.1, -0.05) is 47.5 Å². The number of halogens is 2. The van der Waals surface area contributed by atoms with Crippen LogP contribution in [0.5, 0.6) is 5.75 Å². The zero-order chi connectivity index (χ0) is 21.7. The number of methoxy groups -OCH3 is 1. The van der Waals surface area contributed by atoms with Crippen LogP contribution in [-0.2, 0) is 16.6 Å². The standard InChI is InChI=1S/C21H18Cl2N2O4S/c1-29-20-10-9-17(30(27,28)24-13-15-5-2-3-8-18(15)23)12-19(20)25-21(26)14-6-4-7-16(22)11-14/h2-12,24H,13H2,1H3,(H,25,26). The van der Waals surface area contributed by atoms with Crippen LogP contribution in [0.1, 0.15) is 15.9 Å². The van der Waals surface area contributed by atoms with Crippen LogP contribution in [0.3, 0.4) is 0 Å². The van der Waals surface area contributed by atoms with Gasteiger partial charge in [0.2, 0.25) is 10.0 Å². The summed E-state index contributed by atoms with van der Waals surface area (Å²) in [5.74, 6) is -0.134. The molecule has 2 N–H and O–H groups in total. The fourth-order valence-electron chi connectivity index (χ4n) is 2.67. The Hall–Kier alpha value is -2.58. The summed E-state index contributed by atoms with van der Waals surface area (Å²) < 4.78 is 33.2. The first-order valence-electron chi connectivity index (χ1n) is 8.78. The first kappa shape index (κ1) is 22.1. The van der Waals surface area contributed by atoms with Crippen LogP contribution < -0.4 is 14.8 Å². The van der Waals surface area contributed by atoms with E-state index in [0.29, 0.717) is 26.9 Å². The summed E-state index contributed by atoms with van der Waals surface area (Å²) in [6.07, 6.45) is 0. The first-order valence-corrected chi connectivity index (χ1v) is 11.0. The van der Waals surface area contributed by atoms with Crippen LogP contribution in [-0.4, -0.2) is 21.4 Å². The molecular weight excluding hydrogens is 447 g/mol. The largest absolute Gasteiger partial charge is 0.495 e. The Morgan fingerprint density at radius 2 is 1.77 bits per heavy atom. The number of amides is 1. The molecule has 0 bridgehead atoms. The van der Waals surface area contributed by atoms with Gasteiger partial charge >= 0.3 is 0 Å². The lowest BCUT2D eigenvalue weighted by atomic mass is 10.2. The van der Waals surface area contributed by atoms with Crippen LogP contribution in [0.15, 0.2) is 71.6 Å². The summed E-state index contributed by atoms with van der Waals surface area (Å²) >= 11 is 12.0. The van der Waals surface area contributed by atoms with E-state index in [1.165, 1.54) is 31.4 Å². The van der Waals surface area contributed by atoms with Gasteiger partial charge in [0, 0.05) is 22.2 Å². The highest BCUT2D eigenvalue weighted by Gasteiger charge is 2.18. The number of rotatable bonds is 7. The molecule has 0 unspecified atom stereocenters. The van der Waals surface area contributed by atoms with Crippen LogP contribution >= 0.6 is 23.2 Å². The maximum absolute atomic E-state index is 12.7. The Balaban J connectivity index is 1.84. The van der Waals surface area contributed by atoms with Crippen molar-refractivity contribution < 1.29 is 17.9 Å². The van der Waals surface area contributed by atoms with Crippen molar-refractivity contribution in [3.63, 3.8) is 0 Å². The molecule has 3 aromatic rings. The zero-order valence-electron chi connectivity index (χ0n) is 15.9. The fraction of sp³-hybridized carbons (Fsp3) is 0.0952. The van der Waals surface area contributed by atoms with E-state index in [9.17, 15) is 13.2 Å². The molecule has 0 aromatic heterocycles. The minimum atomic E-state index is -3.87. The average molecular weight is 465 g/mol. The number of nitrogens with one attached hydrogen (secondary N) is 2. The molecule has 0 atom stereocenters. The molecule has 0 radical (unpaired) electrons. The van der Waals surface area contributed by atoms with E-state index in [2.05, 4.69) is 10.0 Å². The van der Waals surface area contributed by atoms with Crippen molar-refractivity contribution >= 4 is 44.8 Å². The maximum atomic E-state index is 12.7. The third kappa shape index (κ3) is 5.31. The summed E-state index contributed by atoms with van der Waals surface area (Å²) in [6.45, 7) is 0.0260. The van der Waals surface area contributed by atoms with E-state index in [4.69, 9.17) is 27.9 Å². The molecule has 9 heteroatoms. The minimum Gasteiger partial charge on any atom is -0.495 e.